The van der Waals surface area contributed by atoms with Crippen LogP contribution in [0, 0.1) is 13.8 Å². The number of anilines is 3. The number of para-hydroxylation sites is 2. The van der Waals surface area contributed by atoms with E-state index in [-0.39, 0.29) is 0 Å². The van der Waals surface area contributed by atoms with Crippen molar-refractivity contribution in [2.45, 2.75) is 86.5 Å². The molecule has 0 aliphatic rings. The van der Waals surface area contributed by atoms with Crippen molar-refractivity contribution in [3.05, 3.63) is 71.8 Å². The van der Waals surface area contributed by atoms with E-state index >= 15 is 0 Å². The van der Waals surface area contributed by atoms with Gasteiger partial charge in [-0.1, -0.05) is 0 Å². The summed E-state index contributed by atoms with van der Waals surface area (Å²) in [5, 5.41) is 1.39. The van der Waals surface area contributed by atoms with Crippen molar-refractivity contribution in [1.82, 2.24) is 0 Å². The van der Waals surface area contributed by atoms with Gasteiger partial charge in [-0.15, -0.1) is 0 Å². The summed E-state index contributed by atoms with van der Waals surface area (Å²) in [4.78, 5) is 2.52. The molecule has 33 heavy (non-hydrogen) atoms. The summed E-state index contributed by atoms with van der Waals surface area (Å²) in [5.41, 5.74) is 5.26. The van der Waals surface area contributed by atoms with Gasteiger partial charge in [-0.3, -0.25) is 0 Å². The van der Waals surface area contributed by atoms with E-state index in [1.54, 1.807) is 0 Å². The van der Waals surface area contributed by atoms with Crippen molar-refractivity contribution in [2.24, 2.45) is 0 Å². The van der Waals surface area contributed by atoms with Crippen LogP contribution in [0.3, 0.4) is 0 Å². The van der Waals surface area contributed by atoms with Crippen LogP contribution in [-0.2, 0) is 0 Å². The first-order valence-corrected chi connectivity index (χ1v) is 21.4. The summed E-state index contributed by atoms with van der Waals surface area (Å²) in [7, 11) is 0. The third kappa shape index (κ3) is 6.45. The number of rotatable bonds is 13. The van der Waals surface area contributed by atoms with Gasteiger partial charge in [0.2, 0.25) is 0 Å². The first-order valence-electron chi connectivity index (χ1n) is 13.1. The minimum atomic E-state index is -2.43. The zero-order valence-corrected chi connectivity index (χ0v) is 25.2. The number of unbranched alkanes of at least 4 members (excludes halogenated alkanes) is 3. The molecule has 0 radical (unpaired) electrons. The molecule has 3 heteroatoms. The van der Waals surface area contributed by atoms with Gasteiger partial charge in [-0.05, 0) is 0 Å². The Morgan fingerprint density at radius 2 is 1.09 bits per heavy atom. The Morgan fingerprint density at radius 3 is 1.52 bits per heavy atom. The van der Waals surface area contributed by atoms with Crippen LogP contribution in [0.15, 0.2) is 60.7 Å². The molecule has 0 aliphatic carbocycles. The van der Waals surface area contributed by atoms with Crippen LogP contribution in [0.1, 0.15) is 70.4 Å². The van der Waals surface area contributed by atoms with Crippen LogP contribution < -0.4 is 7.79 Å². The molecule has 0 unspecified atom stereocenters. The second-order valence-corrected chi connectivity index (χ2v) is 24.9. The molecule has 2 aromatic carbocycles. The van der Waals surface area contributed by atoms with Crippen molar-refractivity contribution >= 4 is 49.0 Å². The second-order valence-electron chi connectivity index (χ2n) is 9.64. The molecule has 0 fully saturated rings. The van der Waals surface area contributed by atoms with E-state index in [0.717, 1.165) is 0 Å². The minimum absolute atomic E-state index is 1.30. The monoisotopic (exact) mass is 569 g/mol. The van der Waals surface area contributed by atoms with Gasteiger partial charge in [-0.2, -0.15) is 0 Å². The molecular weight excluding hydrogens is 525 g/mol. The maximum absolute atomic E-state index is 2.56. The molecule has 0 aliphatic heterocycles. The average Bonchev–Trinajstić information content (AvgIpc) is 3.32. The molecular formula is C30H43NSSn. The van der Waals surface area contributed by atoms with E-state index < -0.39 is 18.4 Å². The first kappa shape index (κ1) is 26.3. The molecule has 0 amide bonds. The molecule has 1 nitrogen and oxygen atoms in total. The van der Waals surface area contributed by atoms with Crippen LogP contribution in [0.2, 0.25) is 13.3 Å². The summed E-state index contributed by atoms with van der Waals surface area (Å²) in [5.74, 6) is 0. The Kier molecular flexibility index (Phi) is 10.4. The summed E-state index contributed by atoms with van der Waals surface area (Å²) >= 11 is -0.305. The van der Waals surface area contributed by atoms with Gasteiger partial charge in [0, 0.05) is 0 Å². The van der Waals surface area contributed by atoms with Crippen molar-refractivity contribution in [3.63, 3.8) is 0 Å². The Morgan fingerprint density at radius 1 is 0.636 bits per heavy atom. The van der Waals surface area contributed by atoms with Crippen molar-refractivity contribution in [1.29, 1.82) is 0 Å². The summed E-state index contributed by atoms with van der Waals surface area (Å²) in [6, 6.07) is 22.7. The maximum atomic E-state index is 2.56. The zero-order valence-electron chi connectivity index (χ0n) is 21.5. The molecule has 0 spiro atoms. The Labute approximate surface area is 211 Å². The van der Waals surface area contributed by atoms with E-state index in [1.165, 1.54) is 79.3 Å². The molecule has 0 N–H and O–H groups in total. The van der Waals surface area contributed by atoms with Crippen LogP contribution in [0.4, 0.5) is 16.4 Å². The number of nitrogens with zero attached hydrogens (tertiary/aromatic N) is 1. The Bertz CT molecular complexity index is 925. The van der Waals surface area contributed by atoms with Gasteiger partial charge in [0.05, 0.1) is 0 Å². The third-order valence-corrected chi connectivity index (χ3v) is 26.4. The van der Waals surface area contributed by atoms with E-state index in [9.17, 15) is 0 Å². The Balaban J connectivity index is 2.10. The van der Waals surface area contributed by atoms with Crippen LogP contribution in [-0.4, -0.2) is 18.4 Å². The van der Waals surface area contributed by atoms with Gasteiger partial charge < -0.3 is 0 Å². The van der Waals surface area contributed by atoms with E-state index in [2.05, 4.69) is 112 Å². The molecule has 3 rings (SSSR count). The zero-order chi connectivity index (χ0) is 23.7. The predicted molar refractivity (Wildman–Crippen MR) is 153 cm³/mol. The fraction of sp³-hybridized carbons (Fsp3) is 0.467. The van der Waals surface area contributed by atoms with Crippen molar-refractivity contribution in [3.8, 4) is 0 Å². The van der Waals surface area contributed by atoms with E-state index in [4.69, 9.17) is 0 Å². The quantitative estimate of drug-likeness (QED) is 0.186. The predicted octanol–water partition coefficient (Wildman–Crippen LogP) is 9.89. The van der Waals surface area contributed by atoms with E-state index in [0.29, 0.717) is 0 Å². The number of benzene rings is 2. The molecule has 0 saturated heterocycles. The molecule has 0 saturated carbocycles. The average molecular weight is 568 g/mol. The molecule has 178 valence electrons. The van der Waals surface area contributed by atoms with Gasteiger partial charge in [0.1, 0.15) is 0 Å². The van der Waals surface area contributed by atoms with Gasteiger partial charge in [-0.25, -0.2) is 0 Å². The third-order valence-electron chi connectivity index (χ3n) is 7.07. The number of thiophene rings is 1. The Hall–Kier alpha value is -1.26. The van der Waals surface area contributed by atoms with Crippen LogP contribution >= 0.6 is 11.3 Å². The van der Waals surface area contributed by atoms with Crippen molar-refractivity contribution in [2.75, 3.05) is 4.90 Å². The number of aryl methyl sites for hydroxylation is 2. The fourth-order valence-electron chi connectivity index (χ4n) is 5.02. The fourth-order valence-corrected chi connectivity index (χ4v) is 25.1. The molecule has 0 atom stereocenters. The molecule has 1 heterocycles. The summed E-state index contributed by atoms with van der Waals surface area (Å²) in [6.45, 7) is 11.6. The topological polar surface area (TPSA) is 3.24 Å². The van der Waals surface area contributed by atoms with Crippen molar-refractivity contribution < 1.29 is 0 Å². The number of hydrogen-bond acceptors (Lipinski definition) is 2. The molecule has 1 aromatic heterocycles. The first-order chi connectivity index (χ1) is 16.1. The van der Waals surface area contributed by atoms with Crippen LogP contribution in [0.25, 0.3) is 0 Å². The molecule has 3 aromatic rings. The number of hydrogen-bond donors (Lipinski definition) is 0. The van der Waals surface area contributed by atoms with Gasteiger partial charge in [0.15, 0.2) is 0 Å². The SMILES string of the molecule is CCC[CH2][Sn]([CH2]CCC)([CH2]CCC)[c]1ccc(N(c2ccccc2C)c2ccccc2C)s1. The van der Waals surface area contributed by atoms with E-state index in [1.807, 2.05) is 2.89 Å². The molecule has 0 bridgehead atoms. The summed E-state index contributed by atoms with van der Waals surface area (Å²) in [6.07, 6.45) is 8.22. The standard InChI is InChI=1S/C18H16NS.3C4H9.Sn/c1-14-8-3-5-10-16(14)19(18-12-7-13-20-18)17-11-6-4-9-15(17)2;3*1-3-4-2;/h3-12H,1-2H3;3*1,3-4H2,2H3;. The van der Waals surface area contributed by atoms with Gasteiger partial charge in [0.25, 0.3) is 0 Å². The van der Waals surface area contributed by atoms with Gasteiger partial charge >= 0.3 is 212 Å². The normalized spacial score (nSPS) is 11.7. The summed E-state index contributed by atoms with van der Waals surface area (Å²) < 4.78 is 6.39. The second kappa shape index (κ2) is 13.0. The van der Waals surface area contributed by atoms with Crippen LogP contribution in [0.5, 0.6) is 0 Å².